The molecule has 4 N–H and O–H groups in total. The van der Waals surface area contributed by atoms with Crippen LogP contribution in [0.5, 0.6) is 0 Å². The first-order valence-electron chi connectivity index (χ1n) is 6.50. The van der Waals surface area contributed by atoms with Gasteiger partial charge in [-0.1, -0.05) is 0 Å². The molecule has 0 radical (unpaired) electrons. The summed E-state index contributed by atoms with van der Waals surface area (Å²) in [5.74, 6) is 5.32. The van der Waals surface area contributed by atoms with Crippen molar-refractivity contribution >= 4 is 15.7 Å². The number of hydrazine groups is 1. The van der Waals surface area contributed by atoms with E-state index in [2.05, 4.69) is 20.0 Å². The van der Waals surface area contributed by atoms with Gasteiger partial charge in [0.2, 0.25) is 0 Å². The van der Waals surface area contributed by atoms with Crippen LogP contribution in [-0.4, -0.2) is 44.5 Å². The van der Waals surface area contributed by atoms with Crippen molar-refractivity contribution in [2.45, 2.75) is 29.8 Å². The van der Waals surface area contributed by atoms with Crippen LogP contribution in [0, 0.1) is 0 Å². The summed E-state index contributed by atoms with van der Waals surface area (Å²) in [5, 5.41) is -0.0734. The second-order valence-corrected chi connectivity index (χ2v) is 6.98. The highest BCUT2D eigenvalue weighted by Crippen LogP contribution is 2.35. The van der Waals surface area contributed by atoms with Crippen molar-refractivity contribution in [2.75, 3.05) is 26.1 Å². The second-order valence-electron chi connectivity index (χ2n) is 5.30. The van der Waals surface area contributed by atoms with Crippen LogP contribution in [0.3, 0.4) is 0 Å². The number of nitrogens with zero attached hydrogens (tertiary/aromatic N) is 2. The number of likely N-dealkylation sites (N-methyl/N-ethyl adjacent to an activating group) is 1. The lowest BCUT2D eigenvalue weighted by Gasteiger charge is -2.47. The minimum Gasteiger partial charge on any atom is -0.321 e. The van der Waals surface area contributed by atoms with Gasteiger partial charge in [-0.3, -0.25) is 5.84 Å². The number of anilines is 1. The summed E-state index contributed by atoms with van der Waals surface area (Å²) in [6, 6.07) is 3.20. The van der Waals surface area contributed by atoms with Gasteiger partial charge in [0.15, 0.2) is 5.03 Å². The molecule has 7 nitrogen and oxygen atoms in total. The zero-order valence-corrected chi connectivity index (χ0v) is 12.6. The van der Waals surface area contributed by atoms with Gasteiger partial charge in [-0.05, 0) is 45.5 Å². The lowest BCUT2D eigenvalue weighted by molar-refractivity contribution is 0.0656. The Balaban J connectivity index is 2.16. The number of hydrogen-bond donors (Lipinski definition) is 3. The average molecular weight is 299 g/mol. The first-order chi connectivity index (χ1) is 9.41. The predicted octanol–water partition coefficient (Wildman–Crippen LogP) is 0.130. The van der Waals surface area contributed by atoms with Crippen LogP contribution >= 0.6 is 0 Å². The van der Waals surface area contributed by atoms with E-state index < -0.39 is 10.0 Å². The number of pyridine rings is 1. The third-order valence-electron chi connectivity index (χ3n) is 4.01. The van der Waals surface area contributed by atoms with E-state index in [9.17, 15) is 8.42 Å². The summed E-state index contributed by atoms with van der Waals surface area (Å²) < 4.78 is 27.3. The molecule has 112 valence electrons. The van der Waals surface area contributed by atoms with Crippen LogP contribution in [0.4, 0.5) is 5.69 Å². The van der Waals surface area contributed by atoms with E-state index in [4.69, 9.17) is 5.84 Å². The largest absolute Gasteiger partial charge is 0.321 e. The quantitative estimate of drug-likeness (QED) is 0.510. The highest BCUT2D eigenvalue weighted by atomic mass is 32.2. The number of sulfonamides is 1. The highest BCUT2D eigenvalue weighted by Gasteiger charge is 2.40. The molecule has 0 atom stereocenters. The van der Waals surface area contributed by atoms with Crippen molar-refractivity contribution in [2.24, 2.45) is 5.84 Å². The molecule has 0 bridgehead atoms. The average Bonchev–Trinajstić information content (AvgIpc) is 2.37. The van der Waals surface area contributed by atoms with E-state index in [1.807, 2.05) is 14.1 Å². The molecule has 1 aliphatic carbocycles. The fourth-order valence-electron chi connectivity index (χ4n) is 2.38. The zero-order chi connectivity index (χ0) is 14.8. The van der Waals surface area contributed by atoms with E-state index >= 15 is 0 Å². The Labute approximate surface area is 119 Å². The summed E-state index contributed by atoms with van der Waals surface area (Å²) in [6.07, 6.45) is 4.54. The number of nitrogen functional groups attached to an aromatic ring is 1. The molecule has 1 aliphatic rings. The Morgan fingerprint density at radius 2 is 2.15 bits per heavy atom. The van der Waals surface area contributed by atoms with Crippen molar-refractivity contribution < 1.29 is 8.42 Å². The molecule has 8 heteroatoms. The topological polar surface area (TPSA) is 100 Å². The Bertz CT molecular complexity index is 569. The predicted molar refractivity (Wildman–Crippen MR) is 77.5 cm³/mol. The van der Waals surface area contributed by atoms with Crippen LogP contribution in [-0.2, 0) is 10.0 Å². The fraction of sp³-hybridized carbons (Fsp3) is 0.583. The fourth-order valence-corrected chi connectivity index (χ4v) is 3.59. The minimum atomic E-state index is -3.68. The Morgan fingerprint density at radius 3 is 2.65 bits per heavy atom. The van der Waals surface area contributed by atoms with E-state index in [1.54, 1.807) is 12.1 Å². The van der Waals surface area contributed by atoms with Crippen LogP contribution in [0.2, 0.25) is 0 Å². The summed E-state index contributed by atoms with van der Waals surface area (Å²) >= 11 is 0. The molecule has 0 saturated heterocycles. The molecule has 0 unspecified atom stereocenters. The van der Waals surface area contributed by atoms with Crippen molar-refractivity contribution in [1.82, 2.24) is 14.6 Å². The molecule has 1 aromatic heterocycles. The van der Waals surface area contributed by atoms with Gasteiger partial charge in [-0.2, -0.15) is 0 Å². The molecule has 0 spiro atoms. The van der Waals surface area contributed by atoms with Gasteiger partial charge in [0.05, 0.1) is 5.69 Å². The Kier molecular flexibility index (Phi) is 4.28. The molecule has 0 amide bonds. The molecule has 2 rings (SSSR count). The summed E-state index contributed by atoms with van der Waals surface area (Å²) in [5.41, 5.74) is 2.56. The van der Waals surface area contributed by atoms with Crippen molar-refractivity contribution in [1.29, 1.82) is 0 Å². The number of hydrogen-bond acceptors (Lipinski definition) is 6. The van der Waals surface area contributed by atoms with Crippen LogP contribution in [0.15, 0.2) is 23.4 Å². The maximum Gasteiger partial charge on any atom is 0.260 e. The molecule has 1 aromatic rings. The van der Waals surface area contributed by atoms with Crippen molar-refractivity contribution in [3.05, 3.63) is 18.3 Å². The lowest BCUT2D eigenvalue weighted by atomic mass is 9.76. The van der Waals surface area contributed by atoms with Gasteiger partial charge in [0.1, 0.15) is 0 Å². The molecular formula is C12H21N5O2S. The first kappa shape index (κ1) is 15.2. The monoisotopic (exact) mass is 299 g/mol. The van der Waals surface area contributed by atoms with E-state index in [0.717, 1.165) is 19.3 Å². The molecule has 0 aliphatic heterocycles. The third-order valence-corrected chi connectivity index (χ3v) is 5.36. The minimum absolute atomic E-state index is 0.0734. The number of nitrogens with two attached hydrogens (primary N) is 1. The molecule has 0 aromatic carbocycles. The van der Waals surface area contributed by atoms with Crippen LogP contribution in [0.1, 0.15) is 19.3 Å². The van der Waals surface area contributed by atoms with Gasteiger partial charge < -0.3 is 10.3 Å². The van der Waals surface area contributed by atoms with Gasteiger partial charge in [-0.25, -0.2) is 18.1 Å². The van der Waals surface area contributed by atoms with Gasteiger partial charge in [0.25, 0.3) is 10.0 Å². The standard InChI is InChI=1S/C12H21N5O2S/c1-17(2)12(6-4-7-12)9-15-20(18,19)11-10(16-13)5-3-8-14-11/h3,5,8,15-16H,4,6-7,9,13H2,1-2H3. The highest BCUT2D eigenvalue weighted by molar-refractivity contribution is 7.89. The molecule has 1 fully saturated rings. The first-order valence-corrected chi connectivity index (χ1v) is 7.98. The maximum atomic E-state index is 12.3. The van der Waals surface area contributed by atoms with Crippen LogP contribution < -0.4 is 16.0 Å². The molecular weight excluding hydrogens is 278 g/mol. The summed E-state index contributed by atoms with van der Waals surface area (Å²) in [6.45, 7) is 0.378. The van der Waals surface area contributed by atoms with E-state index in [-0.39, 0.29) is 16.3 Å². The third kappa shape index (κ3) is 2.78. The number of rotatable bonds is 6. The van der Waals surface area contributed by atoms with E-state index in [0.29, 0.717) is 6.54 Å². The molecule has 20 heavy (non-hydrogen) atoms. The second kappa shape index (κ2) is 5.65. The smallest absolute Gasteiger partial charge is 0.260 e. The summed E-state index contributed by atoms with van der Waals surface area (Å²) in [4.78, 5) is 5.99. The lowest BCUT2D eigenvalue weighted by Crippen LogP contribution is -2.57. The van der Waals surface area contributed by atoms with Crippen molar-refractivity contribution in [3.8, 4) is 0 Å². The van der Waals surface area contributed by atoms with Gasteiger partial charge in [0, 0.05) is 18.3 Å². The maximum absolute atomic E-state index is 12.3. The van der Waals surface area contributed by atoms with Crippen molar-refractivity contribution in [3.63, 3.8) is 0 Å². The molecule has 1 saturated carbocycles. The zero-order valence-electron chi connectivity index (χ0n) is 11.8. The van der Waals surface area contributed by atoms with Crippen LogP contribution in [0.25, 0.3) is 0 Å². The summed E-state index contributed by atoms with van der Waals surface area (Å²) in [7, 11) is 0.270. The molecule has 1 heterocycles. The van der Waals surface area contributed by atoms with Gasteiger partial charge in [-0.15, -0.1) is 0 Å². The van der Waals surface area contributed by atoms with E-state index in [1.165, 1.54) is 6.20 Å². The Hall–Kier alpha value is -1.22. The normalized spacial score (nSPS) is 17.8. The number of aromatic nitrogens is 1. The number of nitrogens with one attached hydrogen (secondary N) is 2. The SMILES string of the molecule is CN(C)C1(CNS(=O)(=O)c2ncccc2NN)CCC1. The Morgan fingerprint density at radius 1 is 1.45 bits per heavy atom. The van der Waals surface area contributed by atoms with Gasteiger partial charge >= 0.3 is 0 Å².